The maximum atomic E-state index is 13.2. The molecule has 3 atom stereocenters. The van der Waals surface area contributed by atoms with Gasteiger partial charge in [-0.15, -0.1) is 0 Å². The van der Waals surface area contributed by atoms with E-state index in [9.17, 15) is 9.59 Å². The number of carbonyl (C=O) groups is 2. The molecule has 0 saturated carbocycles. The molecule has 2 aliphatic heterocycles. The molecule has 0 radical (unpaired) electrons. The van der Waals surface area contributed by atoms with E-state index in [2.05, 4.69) is 6.92 Å². The van der Waals surface area contributed by atoms with Crippen LogP contribution in [0.2, 0.25) is 0 Å². The van der Waals surface area contributed by atoms with Crippen LogP contribution in [0.5, 0.6) is 0 Å². The number of amides is 2. The fourth-order valence-corrected chi connectivity index (χ4v) is 4.12. The molecule has 2 aromatic carbocycles. The van der Waals surface area contributed by atoms with Gasteiger partial charge >= 0.3 is 0 Å². The van der Waals surface area contributed by atoms with Gasteiger partial charge < -0.3 is 4.90 Å². The van der Waals surface area contributed by atoms with Crippen molar-refractivity contribution in [3.8, 4) is 0 Å². The highest BCUT2D eigenvalue weighted by atomic mass is 16.7. The summed E-state index contributed by atoms with van der Waals surface area (Å²) in [5.74, 6) is -0.889. The number of likely N-dealkylation sites (tertiary alicyclic amines) is 1. The molecule has 0 spiro atoms. The second-order valence-corrected chi connectivity index (χ2v) is 7.83. The number of nitrogens with zero attached hydrogens (tertiary/aromatic N) is 3. The Morgan fingerprint density at radius 1 is 0.966 bits per heavy atom. The number of rotatable bonds is 6. The SMILES string of the molecule is CCCCN1C(=O)[C@@H]2[C@H](ON(c3ccccc3)[C@H]2c2ccc(N(C)C)cc2)C1=O. The number of fused-ring (bicyclic) bond motifs is 1. The quantitative estimate of drug-likeness (QED) is 0.704. The molecule has 2 aliphatic rings. The van der Waals surface area contributed by atoms with E-state index in [1.807, 2.05) is 73.6 Å². The van der Waals surface area contributed by atoms with E-state index in [0.717, 1.165) is 29.8 Å². The Kier molecular flexibility index (Phi) is 5.28. The number of hydrogen-bond acceptors (Lipinski definition) is 5. The minimum atomic E-state index is -0.766. The third-order valence-electron chi connectivity index (χ3n) is 5.70. The average Bonchev–Trinajstić information content (AvgIpc) is 3.24. The molecular formula is C23H27N3O3. The standard InChI is InChI=1S/C23H27N3O3/c1-4-5-15-25-22(27)19-20(16-11-13-17(14-12-16)24(2)3)26(29-21(19)23(25)28)18-9-7-6-8-10-18/h6-14,19-21H,4-5,15H2,1-3H3/t19-,20-,21-/m0/s1. The number of benzene rings is 2. The van der Waals surface area contributed by atoms with Crippen molar-refractivity contribution < 1.29 is 14.4 Å². The van der Waals surface area contributed by atoms with E-state index in [4.69, 9.17) is 4.84 Å². The molecule has 2 heterocycles. The highest BCUT2D eigenvalue weighted by Crippen LogP contribution is 2.46. The molecule has 0 unspecified atom stereocenters. The highest BCUT2D eigenvalue weighted by molar-refractivity contribution is 6.07. The largest absolute Gasteiger partial charge is 0.378 e. The molecule has 2 amide bonds. The first-order valence-corrected chi connectivity index (χ1v) is 10.2. The molecule has 6 heteroatoms. The lowest BCUT2D eigenvalue weighted by molar-refractivity contribution is -0.143. The molecule has 2 fully saturated rings. The van der Waals surface area contributed by atoms with Crippen molar-refractivity contribution in [3.63, 3.8) is 0 Å². The summed E-state index contributed by atoms with van der Waals surface area (Å²) < 4.78 is 0. The molecule has 0 N–H and O–H groups in total. The lowest BCUT2D eigenvalue weighted by Gasteiger charge is -2.29. The van der Waals surface area contributed by atoms with Crippen molar-refractivity contribution in [1.29, 1.82) is 0 Å². The summed E-state index contributed by atoms with van der Waals surface area (Å²) in [5.41, 5.74) is 2.88. The number of carbonyl (C=O) groups excluding carboxylic acids is 2. The maximum absolute atomic E-state index is 13.2. The van der Waals surface area contributed by atoms with Crippen molar-refractivity contribution >= 4 is 23.2 Å². The summed E-state index contributed by atoms with van der Waals surface area (Å²) in [7, 11) is 3.98. The van der Waals surface area contributed by atoms with Crippen LogP contribution in [0.1, 0.15) is 31.4 Å². The third-order valence-corrected chi connectivity index (χ3v) is 5.70. The number of anilines is 2. The topological polar surface area (TPSA) is 53.1 Å². The van der Waals surface area contributed by atoms with Gasteiger partial charge in [0.2, 0.25) is 5.91 Å². The summed E-state index contributed by atoms with van der Waals surface area (Å²) >= 11 is 0. The second kappa shape index (κ2) is 7.87. The summed E-state index contributed by atoms with van der Waals surface area (Å²) in [6.45, 7) is 2.51. The predicted octanol–water partition coefficient (Wildman–Crippen LogP) is 3.40. The molecule has 2 saturated heterocycles. The van der Waals surface area contributed by atoms with E-state index in [1.54, 1.807) is 5.06 Å². The molecule has 152 valence electrons. The fraction of sp³-hybridized carbons (Fsp3) is 0.391. The van der Waals surface area contributed by atoms with Crippen LogP contribution >= 0.6 is 0 Å². The van der Waals surface area contributed by atoms with Crippen LogP contribution in [0, 0.1) is 5.92 Å². The zero-order valence-electron chi connectivity index (χ0n) is 17.1. The molecule has 0 aromatic heterocycles. The summed E-state index contributed by atoms with van der Waals surface area (Å²) in [6.07, 6.45) is 0.971. The molecule has 6 nitrogen and oxygen atoms in total. The molecule has 0 aliphatic carbocycles. The Hall–Kier alpha value is -2.86. The summed E-state index contributed by atoms with van der Waals surface area (Å²) in [6, 6.07) is 17.4. The van der Waals surface area contributed by atoms with Crippen LogP contribution < -0.4 is 9.96 Å². The first kappa shape index (κ1) is 19.5. The Morgan fingerprint density at radius 3 is 2.28 bits per heavy atom. The van der Waals surface area contributed by atoms with Gasteiger partial charge in [0.1, 0.15) is 5.92 Å². The van der Waals surface area contributed by atoms with Crippen molar-refractivity contribution in [3.05, 3.63) is 60.2 Å². The summed E-state index contributed by atoms with van der Waals surface area (Å²) in [5, 5.41) is 1.74. The van der Waals surface area contributed by atoms with Gasteiger partial charge in [-0.3, -0.25) is 19.3 Å². The smallest absolute Gasteiger partial charge is 0.261 e. The van der Waals surface area contributed by atoms with Gasteiger partial charge in [-0.25, -0.2) is 5.06 Å². The first-order chi connectivity index (χ1) is 14.0. The maximum Gasteiger partial charge on any atom is 0.261 e. The second-order valence-electron chi connectivity index (χ2n) is 7.83. The van der Waals surface area contributed by atoms with Crippen LogP contribution in [0.15, 0.2) is 54.6 Å². The number of hydroxylamine groups is 1. The molecule has 29 heavy (non-hydrogen) atoms. The molecular weight excluding hydrogens is 366 g/mol. The highest BCUT2D eigenvalue weighted by Gasteiger charge is 2.59. The number of hydrogen-bond donors (Lipinski definition) is 0. The normalized spacial score (nSPS) is 23.6. The van der Waals surface area contributed by atoms with Gasteiger partial charge in [0.15, 0.2) is 6.10 Å². The van der Waals surface area contributed by atoms with E-state index < -0.39 is 12.0 Å². The van der Waals surface area contributed by atoms with Crippen LogP contribution in [-0.2, 0) is 14.4 Å². The third kappa shape index (κ3) is 3.38. The van der Waals surface area contributed by atoms with Gasteiger partial charge in [-0.2, -0.15) is 0 Å². The van der Waals surface area contributed by atoms with E-state index in [-0.39, 0.29) is 17.9 Å². The van der Waals surface area contributed by atoms with Gasteiger partial charge in [0.05, 0.1) is 11.7 Å². The predicted molar refractivity (Wildman–Crippen MR) is 112 cm³/mol. The lowest BCUT2D eigenvalue weighted by Crippen LogP contribution is -2.37. The van der Waals surface area contributed by atoms with Gasteiger partial charge in [0.25, 0.3) is 5.91 Å². The van der Waals surface area contributed by atoms with Crippen LogP contribution in [0.25, 0.3) is 0 Å². The number of para-hydroxylation sites is 1. The van der Waals surface area contributed by atoms with Crippen LogP contribution in [0.3, 0.4) is 0 Å². The van der Waals surface area contributed by atoms with Gasteiger partial charge in [-0.05, 0) is 36.2 Å². The van der Waals surface area contributed by atoms with Gasteiger partial charge in [-0.1, -0.05) is 43.7 Å². The minimum Gasteiger partial charge on any atom is -0.378 e. The van der Waals surface area contributed by atoms with Crippen molar-refractivity contribution in [2.75, 3.05) is 30.6 Å². The van der Waals surface area contributed by atoms with E-state index in [1.165, 1.54) is 4.90 Å². The van der Waals surface area contributed by atoms with E-state index in [0.29, 0.717) is 6.54 Å². The average molecular weight is 393 g/mol. The minimum absolute atomic E-state index is 0.131. The lowest BCUT2D eigenvalue weighted by atomic mass is 9.90. The Morgan fingerprint density at radius 2 is 1.66 bits per heavy atom. The Balaban J connectivity index is 1.72. The summed E-state index contributed by atoms with van der Waals surface area (Å²) in [4.78, 5) is 35.7. The number of imide groups is 1. The first-order valence-electron chi connectivity index (χ1n) is 10.2. The van der Waals surface area contributed by atoms with Crippen LogP contribution in [-0.4, -0.2) is 43.5 Å². The van der Waals surface area contributed by atoms with Gasteiger partial charge in [0, 0.05) is 26.3 Å². The van der Waals surface area contributed by atoms with Crippen molar-refractivity contribution in [2.45, 2.75) is 31.9 Å². The molecule has 2 aromatic rings. The van der Waals surface area contributed by atoms with E-state index >= 15 is 0 Å². The fourth-order valence-electron chi connectivity index (χ4n) is 4.12. The van der Waals surface area contributed by atoms with Crippen LogP contribution in [0.4, 0.5) is 11.4 Å². The molecule has 4 rings (SSSR count). The zero-order valence-corrected chi connectivity index (χ0v) is 17.1. The Labute approximate surface area is 171 Å². The van der Waals surface area contributed by atoms with Crippen molar-refractivity contribution in [2.24, 2.45) is 5.92 Å². The van der Waals surface area contributed by atoms with Crippen molar-refractivity contribution in [1.82, 2.24) is 4.90 Å². The Bertz CT molecular complexity index is 882. The number of unbranched alkanes of at least 4 members (excludes halogenated alkanes) is 1. The monoisotopic (exact) mass is 393 g/mol. The molecule has 0 bridgehead atoms. The zero-order chi connectivity index (χ0) is 20.5.